The fourth-order valence-electron chi connectivity index (χ4n) is 1.08. The van der Waals surface area contributed by atoms with Gasteiger partial charge in [-0.15, -0.1) is 0 Å². The van der Waals surface area contributed by atoms with Crippen molar-refractivity contribution in [2.45, 2.75) is 45.1 Å². The first-order chi connectivity index (χ1) is 5.81. The molecule has 0 bridgehead atoms. The van der Waals surface area contributed by atoms with E-state index in [2.05, 4.69) is 13.5 Å². The minimum atomic E-state index is -0.159. The van der Waals surface area contributed by atoms with Crippen LogP contribution < -0.4 is 0 Å². The van der Waals surface area contributed by atoms with Crippen molar-refractivity contribution < 1.29 is 5.11 Å². The van der Waals surface area contributed by atoms with Gasteiger partial charge in [-0.1, -0.05) is 51.0 Å². The van der Waals surface area contributed by atoms with Gasteiger partial charge in [0.25, 0.3) is 0 Å². The van der Waals surface area contributed by atoms with Crippen LogP contribution in [0.3, 0.4) is 0 Å². The summed E-state index contributed by atoms with van der Waals surface area (Å²) in [5.74, 6) is 0. The Bertz CT molecular complexity index is 127. The molecule has 0 fully saturated rings. The van der Waals surface area contributed by atoms with Gasteiger partial charge in [-0.05, 0) is 12.8 Å². The fourth-order valence-corrected chi connectivity index (χ4v) is 1.08. The van der Waals surface area contributed by atoms with Crippen LogP contribution in [0.4, 0.5) is 0 Å². The van der Waals surface area contributed by atoms with E-state index in [4.69, 9.17) is 0 Å². The number of allylic oxidation sites excluding steroid dienone is 2. The van der Waals surface area contributed by atoms with Gasteiger partial charge >= 0.3 is 0 Å². The van der Waals surface area contributed by atoms with E-state index >= 15 is 0 Å². The quantitative estimate of drug-likeness (QED) is 0.457. The molecule has 1 N–H and O–H groups in total. The highest BCUT2D eigenvalue weighted by Crippen LogP contribution is 2.06. The molecule has 0 aliphatic carbocycles. The molecule has 0 aromatic heterocycles. The summed E-state index contributed by atoms with van der Waals surface area (Å²) in [6, 6.07) is 0. The van der Waals surface area contributed by atoms with Crippen molar-refractivity contribution in [3.8, 4) is 0 Å². The Kier molecular flexibility index (Phi) is 8.14. The molecule has 12 heavy (non-hydrogen) atoms. The van der Waals surface area contributed by atoms with Crippen molar-refractivity contribution in [2.24, 2.45) is 0 Å². The lowest BCUT2D eigenvalue weighted by atomic mass is 10.1. The van der Waals surface area contributed by atoms with Crippen molar-refractivity contribution in [3.05, 3.63) is 24.8 Å². The number of aliphatic hydroxyl groups excluding tert-OH is 1. The average molecular weight is 168 g/mol. The molecule has 1 nitrogen and oxygen atoms in total. The molecular weight excluding hydrogens is 148 g/mol. The van der Waals surface area contributed by atoms with Gasteiger partial charge < -0.3 is 5.11 Å². The van der Waals surface area contributed by atoms with Crippen LogP contribution in [0.15, 0.2) is 24.8 Å². The third-order valence-corrected chi connectivity index (χ3v) is 1.82. The van der Waals surface area contributed by atoms with Crippen molar-refractivity contribution in [3.63, 3.8) is 0 Å². The predicted octanol–water partition coefficient (Wildman–Crippen LogP) is 3.06. The molecule has 1 unspecified atom stereocenters. The topological polar surface area (TPSA) is 20.2 Å². The van der Waals surface area contributed by atoms with Gasteiger partial charge in [-0.2, -0.15) is 0 Å². The van der Waals surface area contributed by atoms with Crippen LogP contribution in [0, 0.1) is 0 Å². The fraction of sp³-hybridized carbons (Fsp3) is 0.636. The second kappa shape index (κ2) is 8.54. The number of hydrogen-bond donors (Lipinski definition) is 1. The maximum absolute atomic E-state index is 9.42. The number of unbranched alkanes of at least 4 members (excludes halogenated alkanes) is 2. The minimum absolute atomic E-state index is 0.159. The highest BCUT2D eigenvalue weighted by molar-refractivity contribution is 4.97. The SMILES string of the molecule is C=CC=CCC(O)CCCCC. The van der Waals surface area contributed by atoms with Crippen molar-refractivity contribution >= 4 is 0 Å². The largest absolute Gasteiger partial charge is 0.393 e. The lowest BCUT2D eigenvalue weighted by Gasteiger charge is -2.05. The summed E-state index contributed by atoms with van der Waals surface area (Å²) in [4.78, 5) is 0. The molecule has 1 atom stereocenters. The number of aliphatic hydroxyl groups is 1. The van der Waals surface area contributed by atoms with Gasteiger partial charge in [0.1, 0.15) is 0 Å². The van der Waals surface area contributed by atoms with Gasteiger partial charge in [-0.3, -0.25) is 0 Å². The summed E-state index contributed by atoms with van der Waals surface area (Å²) in [5.41, 5.74) is 0. The Balaban J connectivity index is 3.26. The van der Waals surface area contributed by atoms with E-state index in [0.717, 1.165) is 19.3 Å². The molecule has 0 radical (unpaired) electrons. The summed E-state index contributed by atoms with van der Waals surface area (Å²) in [7, 11) is 0. The van der Waals surface area contributed by atoms with Crippen molar-refractivity contribution in [1.29, 1.82) is 0 Å². The zero-order chi connectivity index (χ0) is 9.23. The first-order valence-electron chi connectivity index (χ1n) is 4.76. The molecule has 0 aromatic carbocycles. The highest BCUT2D eigenvalue weighted by Gasteiger charge is 1.99. The smallest absolute Gasteiger partial charge is 0.0574 e. The summed E-state index contributed by atoms with van der Waals surface area (Å²) >= 11 is 0. The molecule has 0 aliphatic rings. The third-order valence-electron chi connectivity index (χ3n) is 1.82. The Morgan fingerprint density at radius 2 is 2.17 bits per heavy atom. The maximum Gasteiger partial charge on any atom is 0.0574 e. The van der Waals surface area contributed by atoms with Crippen LogP contribution in [0.25, 0.3) is 0 Å². The lowest BCUT2D eigenvalue weighted by molar-refractivity contribution is 0.164. The third kappa shape index (κ3) is 7.55. The van der Waals surface area contributed by atoms with E-state index in [1.165, 1.54) is 12.8 Å². The first kappa shape index (κ1) is 11.4. The zero-order valence-electron chi connectivity index (χ0n) is 8.00. The van der Waals surface area contributed by atoms with E-state index in [9.17, 15) is 5.11 Å². The van der Waals surface area contributed by atoms with Gasteiger partial charge in [0.05, 0.1) is 6.10 Å². The minimum Gasteiger partial charge on any atom is -0.393 e. The molecule has 0 saturated carbocycles. The normalized spacial score (nSPS) is 13.5. The van der Waals surface area contributed by atoms with E-state index in [1.807, 2.05) is 12.2 Å². The number of rotatable bonds is 7. The van der Waals surface area contributed by atoms with Crippen LogP contribution in [0.5, 0.6) is 0 Å². The van der Waals surface area contributed by atoms with Crippen molar-refractivity contribution in [1.82, 2.24) is 0 Å². The van der Waals surface area contributed by atoms with Gasteiger partial charge in [0, 0.05) is 0 Å². The molecule has 0 amide bonds. The molecule has 0 rings (SSSR count). The second-order valence-corrected chi connectivity index (χ2v) is 3.05. The van der Waals surface area contributed by atoms with Crippen LogP contribution in [0.1, 0.15) is 39.0 Å². The lowest BCUT2D eigenvalue weighted by Crippen LogP contribution is -2.03. The van der Waals surface area contributed by atoms with Crippen LogP contribution >= 0.6 is 0 Å². The molecule has 0 aliphatic heterocycles. The molecule has 0 saturated heterocycles. The Hall–Kier alpha value is -0.560. The van der Waals surface area contributed by atoms with E-state index in [-0.39, 0.29) is 6.10 Å². The van der Waals surface area contributed by atoms with E-state index < -0.39 is 0 Å². The summed E-state index contributed by atoms with van der Waals surface area (Å²) in [5, 5.41) is 9.42. The Morgan fingerprint density at radius 1 is 1.42 bits per heavy atom. The summed E-state index contributed by atoms with van der Waals surface area (Å²) in [6.07, 6.45) is 10.7. The first-order valence-corrected chi connectivity index (χ1v) is 4.76. The molecule has 70 valence electrons. The van der Waals surface area contributed by atoms with Gasteiger partial charge in [0.2, 0.25) is 0 Å². The molecule has 0 heterocycles. The molecular formula is C11H20O. The van der Waals surface area contributed by atoms with Crippen LogP contribution in [-0.2, 0) is 0 Å². The molecule has 0 spiro atoms. The Labute approximate surface area is 75.8 Å². The van der Waals surface area contributed by atoms with Crippen LogP contribution in [0.2, 0.25) is 0 Å². The van der Waals surface area contributed by atoms with Crippen LogP contribution in [-0.4, -0.2) is 11.2 Å². The molecule has 0 aromatic rings. The van der Waals surface area contributed by atoms with Gasteiger partial charge in [-0.25, -0.2) is 0 Å². The van der Waals surface area contributed by atoms with E-state index in [0.29, 0.717) is 0 Å². The maximum atomic E-state index is 9.42. The standard InChI is InChI=1S/C11H20O/c1-3-5-7-9-11(12)10-8-6-4-2/h3,5,7,11-12H,1,4,6,8-10H2,2H3. The number of hydrogen-bond acceptors (Lipinski definition) is 1. The second-order valence-electron chi connectivity index (χ2n) is 3.05. The van der Waals surface area contributed by atoms with Gasteiger partial charge in [0.15, 0.2) is 0 Å². The monoisotopic (exact) mass is 168 g/mol. The Morgan fingerprint density at radius 3 is 2.75 bits per heavy atom. The zero-order valence-corrected chi connectivity index (χ0v) is 8.00. The van der Waals surface area contributed by atoms with Crippen molar-refractivity contribution in [2.75, 3.05) is 0 Å². The molecule has 1 heteroatoms. The average Bonchev–Trinajstić information content (AvgIpc) is 2.06. The van der Waals surface area contributed by atoms with E-state index in [1.54, 1.807) is 6.08 Å². The summed E-state index contributed by atoms with van der Waals surface area (Å²) in [6.45, 7) is 5.74. The summed E-state index contributed by atoms with van der Waals surface area (Å²) < 4.78 is 0. The predicted molar refractivity (Wildman–Crippen MR) is 54.1 cm³/mol. The highest BCUT2D eigenvalue weighted by atomic mass is 16.3.